The van der Waals surface area contributed by atoms with Crippen molar-refractivity contribution < 1.29 is 14.3 Å². The highest BCUT2D eigenvalue weighted by molar-refractivity contribution is 5.77. The maximum atomic E-state index is 11.5. The zero-order valence-electron chi connectivity index (χ0n) is 11.0. The molecule has 1 amide bonds. The first-order valence-corrected chi connectivity index (χ1v) is 6.02. The van der Waals surface area contributed by atoms with Crippen molar-refractivity contribution in [3.63, 3.8) is 0 Å². The molecule has 0 heterocycles. The number of benzene rings is 1. The van der Waals surface area contributed by atoms with Gasteiger partial charge in [-0.25, -0.2) is 0 Å². The summed E-state index contributed by atoms with van der Waals surface area (Å²) >= 11 is 0. The molecule has 6 heteroatoms. The second-order valence-electron chi connectivity index (χ2n) is 4.12. The Kier molecular flexibility index (Phi) is 5.81. The third kappa shape index (κ3) is 5.39. The van der Waals surface area contributed by atoms with Crippen molar-refractivity contribution in [3.8, 4) is 0 Å². The number of carbonyl (C=O) groups excluding carboxylic acids is 2. The van der Waals surface area contributed by atoms with E-state index in [1.165, 1.54) is 0 Å². The van der Waals surface area contributed by atoms with E-state index in [0.29, 0.717) is 18.8 Å². The Morgan fingerprint density at radius 3 is 2.53 bits per heavy atom. The summed E-state index contributed by atoms with van der Waals surface area (Å²) in [7, 11) is 0. The predicted molar refractivity (Wildman–Crippen MR) is 72.0 cm³/mol. The normalized spacial score (nSPS) is 10.4. The zero-order valence-corrected chi connectivity index (χ0v) is 11.0. The number of hydrogen-bond acceptors (Lipinski definition) is 5. The number of primary amides is 1. The van der Waals surface area contributed by atoms with Crippen LogP contribution in [0.15, 0.2) is 24.3 Å². The molecule has 0 aliphatic heterocycles. The SMILES string of the molecule is CCOC(=O)CN(CC(N)=O)Cc1ccccc1N. The fourth-order valence-corrected chi connectivity index (χ4v) is 1.70. The van der Waals surface area contributed by atoms with Crippen LogP contribution in [0.5, 0.6) is 0 Å². The van der Waals surface area contributed by atoms with Crippen LogP contribution >= 0.6 is 0 Å². The van der Waals surface area contributed by atoms with E-state index >= 15 is 0 Å². The molecular formula is C13H19N3O3. The van der Waals surface area contributed by atoms with Crippen LogP contribution in [0.4, 0.5) is 5.69 Å². The maximum absolute atomic E-state index is 11.5. The third-order valence-corrected chi connectivity index (χ3v) is 2.49. The van der Waals surface area contributed by atoms with Gasteiger partial charge in [0.2, 0.25) is 5.91 Å². The Labute approximate surface area is 112 Å². The van der Waals surface area contributed by atoms with Crippen molar-refractivity contribution in [3.05, 3.63) is 29.8 Å². The Morgan fingerprint density at radius 1 is 1.26 bits per heavy atom. The van der Waals surface area contributed by atoms with Crippen molar-refractivity contribution in [1.29, 1.82) is 0 Å². The quantitative estimate of drug-likeness (QED) is 0.539. The first kappa shape index (κ1) is 15.0. The average Bonchev–Trinajstić information content (AvgIpc) is 2.31. The molecule has 0 saturated carbocycles. The van der Waals surface area contributed by atoms with Gasteiger partial charge in [-0.3, -0.25) is 14.5 Å². The topological polar surface area (TPSA) is 98.6 Å². The number of anilines is 1. The van der Waals surface area contributed by atoms with Gasteiger partial charge >= 0.3 is 5.97 Å². The number of nitrogen functional groups attached to an aromatic ring is 1. The lowest BCUT2D eigenvalue weighted by Crippen LogP contribution is -2.37. The van der Waals surface area contributed by atoms with E-state index in [1.54, 1.807) is 17.9 Å². The molecule has 0 fully saturated rings. The van der Waals surface area contributed by atoms with E-state index in [0.717, 1.165) is 5.56 Å². The Balaban J connectivity index is 2.71. The van der Waals surface area contributed by atoms with Crippen LogP contribution in [-0.4, -0.2) is 36.5 Å². The molecule has 19 heavy (non-hydrogen) atoms. The number of esters is 1. The highest BCUT2D eigenvalue weighted by atomic mass is 16.5. The van der Waals surface area contributed by atoms with Gasteiger partial charge in [-0.15, -0.1) is 0 Å². The number of hydrogen-bond donors (Lipinski definition) is 2. The minimum atomic E-state index is -0.501. The lowest BCUT2D eigenvalue weighted by molar-refractivity contribution is -0.144. The predicted octanol–water partition coefficient (Wildman–Crippen LogP) is 0.119. The smallest absolute Gasteiger partial charge is 0.320 e. The molecule has 0 aliphatic carbocycles. The van der Waals surface area contributed by atoms with Crippen LogP contribution in [-0.2, 0) is 20.9 Å². The van der Waals surface area contributed by atoms with Gasteiger partial charge in [0.05, 0.1) is 19.7 Å². The third-order valence-electron chi connectivity index (χ3n) is 2.49. The summed E-state index contributed by atoms with van der Waals surface area (Å²) in [6, 6.07) is 7.28. The zero-order chi connectivity index (χ0) is 14.3. The summed E-state index contributed by atoms with van der Waals surface area (Å²) in [5.74, 6) is -0.892. The molecule has 0 aromatic heterocycles. The first-order chi connectivity index (χ1) is 9.02. The first-order valence-electron chi connectivity index (χ1n) is 6.02. The van der Waals surface area contributed by atoms with Gasteiger partial charge < -0.3 is 16.2 Å². The van der Waals surface area contributed by atoms with Gasteiger partial charge in [0.1, 0.15) is 0 Å². The number of carbonyl (C=O) groups is 2. The van der Waals surface area contributed by atoms with Gasteiger partial charge in [0.25, 0.3) is 0 Å². The minimum Gasteiger partial charge on any atom is -0.465 e. The minimum absolute atomic E-state index is 0.00507. The van der Waals surface area contributed by atoms with Crippen molar-refractivity contribution in [2.75, 3.05) is 25.4 Å². The molecule has 0 unspecified atom stereocenters. The fourth-order valence-electron chi connectivity index (χ4n) is 1.70. The van der Waals surface area contributed by atoms with Gasteiger partial charge in [0, 0.05) is 12.2 Å². The number of para-hydroxylation sites is 1. The Morgan fingerprint density at radius 2 is 1.95 bits per heavy atom. The van der Waals surface area contributed by atoms with Crippen molar-refractivity contribution >= 4 is 17.6 Å². The number of rotatable bonds is 7. The molecule has 104 valence electrons. The summed E-state index contributed by atoms with van der Waals surface area (Å²) in [4.78, 5) is 24.1. The van der Waals surface area contributed by atoms with Crippen LogP contribution in [0.2, 0.25) is 0 Å². The Bertz CT molecular complexity index is 449. The molecular weight excluding hydrogens is 246 g/mol. The number of amides is 1. The van der Waals surface area contributed by atoms with E-state index < -0.39 is 11.9 Å². The summed E-state index contributed by atoms with van der Waals surface area (Å²) in [6.45, 7) is 2.38. The van der Waals surface area contributed by atoms with Gasteiger partial charge in [-0.1, -0.05) is 18.2 Å². The molecule has 0 radical (unpaired) electrons. The summed E-state index contributed by atoms with van der Waals surface area (Å²) < 4.78 is 4.86. The van der Waals surface area contributed by atoms with Crippen LogP contribution in [0.1, 0.15) is 12.5 Å². The molecule has 1 rings (SSSR count). The largest absolute Gasteiger partial charge is 0.465 e. The molecule has 0 aliphatic rings. The monoisotopic (exact) mass is 265 g/mol. The van der Waals surface area contributed by atoms with Gasteiger partial charge in [0.15, 0.2) is 0 Å². The lowest BCUT2D eigenvalue weighted by atomic mass is 10.1. The molecule has 1 aromatic rings. The van der Waals surface area contributed by atoms with E-state index in [9.17, 15) is 9.59 Å². The standard InChI is InChI=1S/C13H19N3O3/c1-2-19-13(18)9-16(8-12(15)17)7-10-5-3-4-6-11(10)14/h3-6H,2,7-9,14H2,1H3,(H2,15,17). The van der Waals surface area contributed by atoms with E-state index in [-0.39, 0.29) is 13.1 Å². The van der Waals surface area contributed by atoms with Crippen LogP contribution in [0.3, 0.4) is 0 Å². The Hall–Kier alpha value is -2.08. The van der Waals surface area contributed by atoms with E-state index in [1.807, 2.05) is 18.2 Å². The molecule has 1 aromatic carbocycles. The summed E-state index contributed by atoms with van der Waals surface area (Å²) in [5, 5.41) is 0. The number of nitrogens with two attached hydrogens (primary N) is 2. The number of ether oxygens (including phenoxy) is 1. The van der Waals surface area contributed by atoms with Gasteiger partial charge in [-0.05, 0) is 18.6 Å². The van der Waals surface area contributed by atoms with Crippen LogP contribution in [0.25, 0.3) is 0 Å². The maximum Gasteiger partial charge on any atom is 0.320 e. The molecule has 0 spiro atoms. The van der Waals surface area contributed by atoms with Crippen molar-refractivity contribution in [2.45, 2.75) is 13.5 Å². The van der Waals surface area contributed by atoms with Gasteiger partial charge in [-0.2, -0.15) is 0 Å². The van der Waals surface area contributed by atoms with Crippen LogP contribution < -0.4 is 11.5 Å². The van der Waals surface area contributed by atoms with E-state index in [4.69, 9.17) is 16.2 Å². The van der Waals surface area contributed by atoms with Crippen LogP contribution in [0, 0.1) is 0 Å². The molecule has 4 N–H and O–H groups in total. The molecule has 0 saturated heterocycles. The van der Waals surface area contributed by atoms with Crippen molar-refractivity contribution in [2.24, 2.45) is 5.73 Å². The average molecular weight is 265 g/mol. The highest BCUT2D eigenvalue weighted by Crippen LogP contribution is 2.13. The van der Waals surface area contributed by atoms with Crippen molar-refractivity contribution in [1.82, 2.24) is 4.90 Å². The lowest BCUT2D eigenvalue weighted by Gasteiger charge is -2.20. The molecule has 0 bridgehead atoms. The number of nitrogens with zero attached hydrogens (tertiary/aromatic N) is 1. The molecule has 6 nitrogen and oxygen atoms in total. The van der Waals surface area contributed by atoms with E-state index in [2.05, 4.69) is 0 Å². The highest BCUT2D eigenvalue weighted by Gasteiger charge is 2.15. The summed E-state index contributed by atoms with van der Waals surface area (Å²) in [5.41, 5.74) is 12.5. The molecule has 0 atom stereocenters. The second kappa shape index (κ2) is 7.38. The second-order valence-corrected chi connectivity index (χ2v) is 4.12. The fraction of sp³-hybridized carbons (Fsp3) is 0.385. The summed E-state index contributed by atoms with van der Waals surface area (Å²) in [6.07, 6.45) is 0.